The van der Waals surface area contributed by atoms with Crippen molar-refractivity contribution in [3.63, 3.8) is 0 Å². The van der Waals surface area contributed by atoms with Gasteiger partial charge in [0.2, 0.25) is 0 Å². The summed E-state index contributed by atoms with van der Waals surface area (Å²) in [4.78, 5) is 5.24. The Kier molecular flexibility index (Phi) is 5.65. The number of methoxy groups -OCH3 is 1. The molecule has 0 saturated heterocycles. The molecule has 174 valence electrons. The third-order valence-electron chi connectivity index (χ3n) is 8.85. The van der Waals surface area contributed by atoms with Gasteiger partial charge in [0.05, 0.1) is 19.3 Å². The van der Waals surface area contributed by atoms with Gasteiger partial charge in [0.25, 0.3) is 0 Å². The second kappa shape index (κ2) is 8.79. The lowest BCUT2D eigenvalue weighted by atomic mass is 9.56. The SMILES string of the molecule is COC1=CC(C2=CC3C4C=CCCC4C=CC3C3C=CCCC23)N=C(C2CCC=CC2O)N1. The number of nitrogens with zero attached hydrogens (tertiary/aromatic N) is 1. The van der Waals surface area contributed by atoms with E-state index in [9.17, 15) is 5.11 Å². The number of aliphatic imine (C=N–C) groups is 1. The highest BCUT2D eigenvalue weighted by Crippen LogP contribution is 2.52. The molecule has 0 spiro atoms. The molecule has 6 rings (SSSR count). The molecule has 5 aliphatic carbocycles. The fourth-order valence-electron chi connectivity index (χ4n) is 7.21. The van der Waals surface area contributed by atoms with Crippen LogP contribution in [0.3, 0.4) is 0 Å². The number of aliphatic hydroxyl groups excluding tert-OH is 1. The van der Waals surface area contributed by atoms with Crippen LogP contribution in [0.2, 0.25) is 0 Å². The van der Waals surface area contributed by atoms with Crippen molar-refractivity contribution in [2.45, 2.75) is 50.7 Å². The quantitative estimate of drug-likeness (QED) is 0.597. The third kappa shape index (κ3) is 3.77. The molecule has 0 radical (unpaired) electrons. The lowest BCUT2D eigenvalue weighted by molar-refractivity contribution is 0.169. The van der Waals surface area contributed by atoms with Crippen molar-refractivity contribution in [3.8, 4) is 0 Å². The van der Waals surface area contributed by atoms with Crippen LogP contribution in [0.4, 0.5) is 0 Å². The van der Waals surface area contributed by atoms with E-state index < -0.39 is 6.10 Å². The van der Waals surface area contributed by atoms with Crippen LogP contribution >= 0.6 is 0 Å². The number of hydrogen-bond acceptors (Lipinski definition) is 4. The van der Waals surface area contributed by atoms with E-state index in [0.717, 1.165) is 31.0 Å². The van der Waals surface area contributed by atoms with Crippen LogP contribution in [0.15, 0.2) is 77.2 Å². The number of ether oxygens (including phenoxy) is 1. The van der Waals surface area contributed by atoms with E-state index in [1.165, 1.54) is 24.8 Å². The number of fused-ring (bicyclic) bond motifs is 5. The number of aliphatic hydroxyl groups is 1. The van der Waals surface area contributed by atoms with Crippen LogP contribution in [0.5, 0.6) is 0 Å². The van der Waals surface area contributed by atoms with Gasteiger partial charge in [0, 0.05) is 12.0 Å². The van der Waals surface area contributed by atoms with Crippen molar-refractivity contribution < 1.29 is 9.84 Å². The number of allylic oxidation sites excluding steroid dienone is 8. The van der Waals surface area contributed by atoms with Crippen molar-refractivity contribution in [1.29, 1.82) is 0 Å². The molecular weight excluding hydrogens is 408 g/mol. The molecule has 6 aliphatic rings. The molecule has 0 amide bonds. The molecule has 1 heterocycles. The monoisotopic (exact) mass is 444 g/mol. The number of hydrogen-bond donors (Lipinski definition) is 2. The summed E-state index contributed by atoms with van der Waals surface area (Å²) >= 11 is 0. The number of rotatable bonds is 3. The molecule has 0 fully saturated rings. The summed E-state index contributed by atoms with van der Waals surface area (Å²) in [5.74, 6) is 5.08. The predicted molar refractivity (Wildman–Crippen MR) is 132 cm³/mol. The average molecular weight is 445 g/mol. The van der Waals surface area contributed by atoms with Gasteiger partial charge in [0.1, 0.15) is 5.84 Å². The summed E-state index contributed by atoms with van der Waals surface area (Å²) in [6.07, 6.45) is 29.8. The number of nitrogens with one attached hydrogen (secondary N) is 1. The summed E-state index contributed by atoms with van der Waals surface area (Å²) in [7, 11) is 1.72. The maximum Gasteiger partial charge on any atom is 0.190 e. The maximum absolute atomic E-state index is 10.6. The second-order valence-corrected chi connectivity index (χ2v) is 10.6. The fourth-order valence-corrected chi connectivity index (χ4v) is 7.21. The Morgan fingerprint density at radius 3 is 2.39 bits per heavy atom. The van der Waals surface area contributed by atoms with Gasteiger partial charge >= 0.3 is 0 Å². The molecule has 33 heavy (non-hydrogen) atoms. The van der Waals surface area contributed by atoms with Crippen LogP contribution in [0.1, 0.15) is 38.5 Å². The molecular formula is C29H36N2O2. The summed E-state index contributed by atoms with van der Waals surface area (Å²) in [6.45, 7) is 0. The zero-order valence-electron chi connectivity index (χ0n) is 19.5. The summed E-state index contributed by atoms with van der Waals surface area (Å²) in [5.41, 5.74) is 1.47. The molecule has 0 aromatic carbocycles. The Bertz CT molecular complexity index is 984. The topological polar surface area (TPSA) is 53.9 Å². The fraction of sp³-hybridized carbons (Fsp3) is 0.552. The van der Waals surface area contributed by atoms with Crippen molar-refractivity contribution in [3.05, 3.63) is 72.2 Å². The van der Waals surface area contributed by atoms with E-state index in [-0.39, 0.29) is 12.0 Å². The second-order valence-electron chi connectivity index (χ2n) is 10.6. The first-order valence-corrected chi connectivity index (χ1v) is 12.9. The van der Waals surface area contributed by atoms with E-state index in [4.69, 9.17) is 9.73 Å². The Morgan fingerprint density at radius 1 is 0.818 bits per heavy atom. The first kappa shape index (κ1) is 21.2. The molecule has 0 aromatic rings. The van der Waals surface area contributed by atoms with Crippen molar-refractivity contribution in [2.75, 3.05) is 7.11 Å². The van der Waals surface area contributed by atoms with Crippen LogP contribution in [0, 0.1) is 41.4 Å². The van der Waals surface area contributed by atoms with Crippen molar-refractivity contribution in [1.82, 2.24) is 5.32 Å². The minimum absolute atomic E-state index is 0.00129. The smallest absolute Gasteiger partial charge is 0.190 e. The van der Waals surface area contributed by atoms with Crippen LogP contribution in [-0.2, 0) is 4.74 Å². The van der Waals surface area contributed by atoms with E-state index in [1.807, 2.05) is 6.08 Å². The van der Waals surface area contributed by atoms with E-state index in [0.29, 0.717) is 35.5 Å². The maximum atomic E-state index is 10.6. The highest BCUT2D eigenvalue weighted by atomic mass is 16.5. The van der Waals surface area contributed by atoms with Crippen molar-refractivity contribution >= 4 is 5.84 Å². The van der Waals surface area contributed by atoms with Gasteiger partial charge in [-0.1, -0.05) is 54.7 Å². The van der Waals surface area contributed by atoms with Gasteiger partial charge in [-0.15, -0.1) is 0 Å². The van der Waals surface area contributed by atoms with Crippen LogP contribution in [-0.4, -0.2) is 30.2 Å². The lowest BCUT2D eigenvalue weighted by Crippen LogP contribution is -2.45. The minimum atomic E-state index is -0.492. The lowest BCUT2D eigenvalue weighted by Gasteiger charge is -2.49. The zero-order chi connectivity index (χ0) is 22.4. The molecule has 1 aliphatic heterocycles. The average Bonchev–Trinajstić information content (AvgIpc) is 2.88. The molecule has 0 bridgehead atoms. The third-order valence-corrected chi connectivity index (χ3v) is 8.85. The molecule has 4 nitrogen and oxygen atoms in total. The van der Waals surface area contributed by atoms with Gasteiger partial charge in [-0.25, -0.2) is 0 Å². The Balaban J connectivity index is 1.41. The molecule has 9 atom stereocenters. The van der Waals surface area contributed by atoms with Gasteiger partial charge < -0.3 is 15.2 Å². The van der Waals surface area contributed by atoms with Gasteiger partial charge in [-0.05, 0) is 79.6 Å². The highest BCUT2D eigenvalue weighted by Gasteiger charge is 2.46. The highest BCUT2D eigenvalue weighted by molar-refractivity contribution is 5.88. The molecule has 4 heteroatoms. The Morgan fingerprint density at radius 2 is 1.58 bits per heavy atom. The van der Waals surface area contributed by atoms with Crippen LogP contribution < -0.4 is 5.32 Å². The van der Waals surface area contributed by atoms with Crippen LogP contribution in [0.25, 0.3) is 0 Å². The minimum Gasteiger partial charge on any atom is -0.482 e. The summed E-state index contributed by atoms with van der Waals surface area (Å²) in [5, 5.41) is 14.0. The summed E-state index contributed by atoms with van der Waals surface area (Å²) < 4.78 is 5.70. The number of amidine groups is 1. The first-order chi connectivity index (χ1) is 16.2. The van der Waals surface area contributed by atoms with E-state index >= 15 is 0 Å². The molecule has 0 saturated carbocycles. The van der Waals surface area contributed by atoms with Gasteiger partial charge in [-0.2, -0.15) is 0 Å². The van der Waals surface area contributed by atoms with Gasteiger partial charge in [0.15, 0.2) is 5.88 Å². The standard InChI is InChI=1S/C29H36N2O2/c1-33-28-17-26(30-29(31-28)23-12-6-7-13-27(23)32)25-16-24-19-9-3-2-8-18(19)14-15-22(24)20-10-4-5-11-21(20)25/h3-4,7,9-10,13-24,26-27,32H,2,5-6,8,11-12H2,1H3,(H,30,31). The normalized spacial score (nSPS) is 43.3. The Hall–Kier alpha value is -2.33. The Labute approximate surface area is 197 Å². The van der Waals surface area contributed by atoms with Crippen molar-refractivity contribution in [2.24, 2.45) is 46.4 Å². The first-order valence-electron chi connectivity index (χ1n) is 12.9. The van der Waals surface area contributed by atoms with E-state index in [2.05, 4.69) is 60.0 Å². The van der Waals surface area contributed by atoms with E-state index in [1.54, 1.807) is 7.11 Å². The predicted octanol–water partition coefficient (Wildman–Crippen LogP) is 5.08. The largest absolute Gasteiger partial charge is 0.482 e. The summed E-state index contributed by atoms with van der Waals surface area (Å²) in [6, 6.07) is -0.0221. The zero-order valence-corrected chi connectivity index (χ0v) is 19.5. The molecule has 9 unspecified atom stereocenters. The van der Waals surface area contributed by atoms with Gasteiger partial charge in [-0.3, -0.25) is 4.99 Å². The molecule has 0 aromatic heterocycles. The molecule has 2 N–H and O–H groups in total.